The van der Waals surface area contributed by atoms with Gasteiger partial charge >= 0.3 is 49.7 Å². The van der Waals surface area contributed by atoms with Gasteiger partial charge in [-0.25, -0.2) is 0 Å². The molecule has 0 saturated heterocycles. The molecule has 0 unspecified atom stereocenters. The van der Waals surface area contributed by atoms with Gasteiger partial charge < -0.3 is 10.2 Å². The van der Waals surface area contributed by atoms with Crippen LogP contribution in [0.3, 0.4) is 0 Å². The van der Waals surface area contributed by atoms with Crippen molar-refractivity contribution in [3.63, 3.8) is 0 Å². The number of hydrogen-bond donors (Lipinski definition) is 2. The van der Waals surface area contributed by atoms with Crippen LogP contribution in [0.1, 0.15) is 13.8 Å². The summed E-state index contributed by atoms with van der Waals surface area (Å²) >= 11 is 0. The summed E-state index contributed by atoms with van der Waals surface area (Å²) in [6.07, 6.45) is 0. The fourth-order valence-corrected chi connectivity index (χ4v) is 0.676. The fraction of sp³-hybridized carbons (Fsp3) is 0.667. The number of hydrogen-bond acceptors (Lipinski definition) is 2. The van der Waals surface area contributed by atoms with Crippen LogP contribution in [0, 0.1) is 11.8 Å². The molecular weight excluding hydrogens is 176 g/mol. The van der Waals surface area contributed by atoms with E-state index in [0.717, 1.165) is 0 Å². The summed E-state index contributed by atoms with van der Waals surface area (Å²) in [6.45, 7) is 3.12. The minimum atomic E-state index is -1.28. The fourth-order valence-electron chi connectivity index (χ4n) is 0.676. The van der Waals surface area contributed by atoms with Crippen LogP contribution in [0.5, 0.6) is 0 Å². The van der Waals surface area contributed by atoms with E-state index >= 15 is 0 Å². The second kappa shape index (κ2) is 5.80. The molecule has 0 aliphatic heterocycles. The quantitative estimate of drug-likeness (QED) is 0.463. The van der Waals surface area contributed by atoms with Crippen molar-refractivity contribution in [1.29, 1.82) is 0 Å². The van der Waals surface area contributed by atoms with Crippen molar-refractivity contribution in [2.24, 2.45) is 11.8 Å². The van der Waals surface area contributed by atoms with E-state index in [1.165, 1.54) is 0 Å². The molecule has 5 heteroatoms. The van der Waals surface area contributed by atoms with Gasteiger partial charge in [0.2, 0.25) is 0 Å². The van der Waals surface area contributed by atoms with Gasteiger partial charge in [-0.15, -0.1) is 0 Å². The van der Waals surface area contributed by atoms with E-state index in [-0.39, 0.29) is 43.7 Å². The Bertz CT molecular complexity index is 141. The Morgan fingerprint density at radius 2 is 1.36 bits per heavy atom. The molecule has 0 saturated carbocycles. The Hall–Kier alpha value is 0.200. The van der Waals surface area contributed by atoms with Crippen molar-refractivity contribution >= 4 is 49.7 Å². The van der Waals surface area contributed by atoms with Crippen LogP contribution in [0.15, 0.2) is 0 Å². The number of carboxylic acid groups (broad SMARTS) is 2. The van der Waals surface area contributed by atoms with Gasteiger partial charge in [0, 0.05) is 0 Å². The van der Waals surface area contributed by atoms with Crippen LogP contribution in [-0.4, -0.2) is 59.9 Å². The Kier molecular flexibility index (Phi) is 7.26. The molecule has 0 bridgehead atoms. The monoisotopic (exact) mass is 188 g/mol. The third kappa shape index (κ3) is 4.61. The number of carbonyl (C=O) groups is 2. The van der Waals surface area contributed by atoms with Gasteiger partial charge in [0.1, 0.15) is 0 Å². The summed E-state index contributed by atoms with van der Waals surface area (Å²) in [5, 5.41) is 16.7. The maximum atomic E-state index is 10.2. The van der Waals surface area contributed by atoms with Crippen LogP contribution >= 0.6 is 0 Å². The second-order valence-corrected chi connectivity index (χ2v) is 2.40. The van der Waals surface area contributed by atoms with Gasteiger partial charge in [-0.05, 0) is 5.92 Å². The summed E-state index contributed by atoms with van der Waals surface area (Å²) in [4.78, 5) is 20.4. The van der Waals surface area contributed by atoms with Crippen molar-refractivity contribution in [2.75, 3.05) is 0 Å². The van der Waals surface area contributed by atoms with Crippen LogP contribution < -0.4 is 0 Å². The van der Waals surface area contributed by atoms with Crippen molar-refractivity contribution < 1.29 is 19.8 Å². The van der Waals surface area contributed by atoms with Gasteiger partial charge in [0.05, 0.1) is 0 Å². The van der Waals surface area contributed by atoms with Crippen molar-refractivity contribution in [2.45, 2.75) is 13.8 Å². The normalized spacial score (nSPS) is 9.45. The van der Waals surface area contributed by atoms with E-state index in [2.05, 4.69) is 0 Å². The molecule has 0 aliphatic rings. The molecular formula is C6H12CaO4. The zero-order valence-corrected chi connectivity index (χ0v) is 5.87. The molecule has 0 radical (unpaired) electrons. The van der Waals surface area contributed by atoms with Gasteiger partial charge in [-0.3, -0.25) is 9.59 Å². The van der Waals surface area contributed by atoms with Crippen LogP contribution in [0.4, 0.5) is 0 Å². The summed E-state index contributed by atoms with van der Waals surface area (Å²) in [5.74, 6) is -4.19. The molecule has 0 spiro atoms. The third-order valence-corrected chi connectivity index (χ3v) is 1.20. The molecule has 0 amide bonds. The topological polar surface area (TPSA) is 74.6 Å². The predicted molar refractivity (Wildman–Crippen MR) is 42.1 cm³/mol. The molecule has 0 rings (SSSR count). The molecule has 4 nitrogen and oxygen atoms in total. The van der Waals surface area contributed by atoms with E-state index in [9.17, 15) is 9.59 Å². The SMILES string of the molecule is CC(C)C(C(=O)O)C(=O)O.[CaH2]. The summed E-state index contributed by atoms with van der Waals surface area (Å²) in [6, 6.07) is 0. The molecule has 0 aliphatic carbocycles. The molecule has 0 aromatic heterocycles. The summed E-state index contributed by atoms with van der Waals surface area (Å²) in [7, 11) is 0. The van der Waals surface area contributed by atoms with Crippen LogP contribution in [0.2, 0.25) is 0 Å². The second-order valence-electron chi connectivity index (χ2n) is 2.40. The average molecular weight is 188 g/mol. The molecule has 0 aromatic rings. The number of aliphatic carboxylic acids is 2. The van der Waals surface area contributed by atoms with E-state index in [4.69, 9.17) is 10.2 Å². The first-order chi connectivity index (χ1) is 4.46. The van der Waals surface area contributed by atoms with Crippen molar-refractivity contribution in [3.8, 4) is 0 Å². The Morgan fingerprint density at radius 1 is 1.09 bits per heavy atom. The first kappa shape index (κ1) is 13.8. The summed E-state index contributed by atoms with van der Waals surface area (Å²) in [5.41, 5.74) is 0. The van der Waals surface area contributed by atoms with E-state index in [1.54, 1.807) is 13.8 Å². The first-order valence-electron chi connectivity index (χ1n) is 2.92. The summed E-state index contributed by atoms with van der Waals surface area (Å²) < 4.78 is 0. The number of rotatable bonds is 3. The molecule has 11 heavy (non-hydrogen) atoms. The Balaban J connectivity index is 0. The molecule has 0 aromatic carbocycles. The minimum absolute atomic E-state index is 0. The third-order valence-electron chi connectivity index (χ3n) is 1.20. The Labute approximate surface area is 94.6 Å². The Morgan fingerprint density at radius 3 is 1.36 bits per heavy atom. The predicted octanol–water partition coefficient (Wildman–Crippen LogP) is -0.488. The molecule has 0 heterocycles. The van der Waals surface area contributed by atoms with Gasteiger partial charge in [-0.2, -0.15) is 0 Å². The number of carboxylic acids is 2. The van der Waals surface area contributed by atoms with Gasteiger partial charge in [0.25, 0.3) is 0 Å². The van der Waals surface area contributed by atoms with Crippen LogP contribution in [0.25, 0.3) is 0 Å². The van der Waals surface area contributed by atoms with E-state index in [0.29, 0.717) is 0 Å². The van der Waals surface area contributed by atoms with Gasteiger partial charge in [-0.1, -0.05) is 13.8 Å². The molecule has 2 N–H and O–H groups in total. The van der Waals surface area contributed by atoms with Crippen LogP contribution in [-0.2, 0) is 9.59 Å². The zero-order valence-electron chi connectivity index (χ0n) is 5.87. The zero-order chi connectivity index (χ0) is 8.31. The molecule has 0 atom stereocenters. The average Bonchev–Trinajstić information content (AvgIpc) is 1.59. The van der Waals surface area contributed by atoms with E-state index in [1.807, 2.05) is 0 Å². The molecule has 62 valence electrons. The molecule has 0 fully saturated rings. The van der Waals surface area contributed by atoms with E-state index < -0.39 is 17.9 Å². The maximum absolute atomic E-state index is 10.2. The van der Waals surface area contributed by atoms with Crippen molar-refractivity contribution in [3.05, 3.63) is 0 Å². The van der Waals surface area contributed by atoms with Gasteiger partial charge in [0.15, 0.2) is 5.92 Å². The van der Waals surface area contributed by atoms with Crippen molar-refractivity contribution in [1.82, 2.24) is 0 Å². The standard InChI is InChI=1S/C6H10O4.Ca.2H/c1-3(2)4(5(7)8)6(9)10;;;/h3-4H,1-2H3,(H,7,8)(H,9,10);;;. The first-order valence-corrected chi connectivity index (χ1v) is 2.92.